The van der Waals surface area contributed by atoms with Gasteiger partial charge in [-0.1, -0.05) is 18.2 Å². The third-order valence-electron chi connectivity index (χ3n) is 6.35. The van der Waals surface area contributed by atoms with E-state index in [0.717, 1.165) is 52.8 Å². The molecule has 2 saturated carbocycles. The van der Waals surface area contributed by atoms with Gasteiger partial charge in [0.25, 0.3) is 5.91 Å². The van der Waals surface area contributed by atoms with E-state index in [1.54, 1.807) is 0 Å². The fraction of sp³-hybridized carbons (Fsp3) is 0.360. The van der Waals surface area contributed by atoms with Crippen molar-refractivity contribution in [3.05, 3.63) is 58.0 Å². The Bertz CT molecular complexity index is 1130. The first-order valence-corrected chi connectivity index (χ1v) is 10.9. The molecule has 1 unspecified atom stereocenters. The highest BCUT2D eigenvalue weighted by Crippen LogP contribution is 2.29. The van der Waals surface area contributed by atoms with Crippen molar-refractivity contribution in [2.45, 2.75) is 51.2 Å². The van der Waals surface area contributed by atoms with Crippen LogP contribution in [0, 0.1) is 12.8 Å². The van der Waals surface area contributed by atoms with E-state index in [1.807, 2.05) is 24.4 Å². The van der Waals surface area contributed by atoms with E-state index in [9.17, 15) is 9.59 Å². The van der Waals surface area contributed by atoms with Gasteiger partial charge in [0.2, 0.25) is 5.91 Å². The van der Waals surface area contributed by atoms with Crippen LogP contribution < -0.4 is 26.4 Å². The van der Waals surface area contributed by atoms with E-state index in [-0.39, 0.29) is 23.9 Å². The maximum atomic E-state index is 12.6. The van der Waals surface area contributed by atoms with Crippen LogP contribution in [0.3, 0.4) is 0 Å². The Labute approximate surface area is 176 Å². The van der Waals surface area contributed by atoms with Crippen molar-refractivity contribution >= 4 is 24.1 Å². The van der Waals surface area contributed by atoms with Crippen molar-refractivity contribution in [2.24, 2.45) is 5.92 Å². The number of nitrogens with one attached hydrogen (secondary N) is 3. The van der Waals surface area contributed by atoms with Gasteiger partial charge in [-0.15, -0.1) is 0 Å². The van der Waals surface area contributed by atoms with Crippen molar-refractivity contribution in [1.82, 2.24) is 16.0 Å². The second-order valence-electron chi connectivity index (χ2n) is 8.71. The first kappa shape index (κ1) is 18.9. The lowest BCUT2D eigenvalue weighted by Crippen LogP contribution is -2.48. The minimum Gasteiger partial charge on any atom is -0.368 e. The molecule has 1 heterocycles. The van der Waals surface area contributed by atoms with Gasteiger partial charge in [0.05, 0.1) is 0 Å². The Kier molecular flexibility index (Phi) is 4.81. The van der Waals surface area contributed by atoms with Gasteiger partial charge in [0.15, 0.2) is 0 Å². The lowest BCUT2D eigenvalue weighted by atomic mass is 9.92. The maximum Gasteiger partial charge on any atom is 0.251 e. The van der Waals surface area contributed by atoms with Crippen molar-refractivity contribution in [2.75, 3.05) is 0 Å². The predicted molar refractivity (Wildman–Crippen MR) is 118 cm³/mol. The number of carbonyl (C=O) groups is 2. The maximum absolute atomic E-state index is 12.6. The molecule has 0 bridgehead atoms. The predicted octanol–water partition coefficient (Wildman–Crippen LogP) is 1.92. The number of fused-ring (bicyclic) bond motifs is 1. The third kappa shape index (κ3) is 3.84. The average molecular weight is 402 g/mol. The summed E-state index contributed by atoms with van der Waals surface area (Å²) in [7, 11) is 0. The zero-order valence-electron chi connectivity index (χ0n) is 17.2. The van der Waals surface area contributed by atoms with Gasteiger partial charge in [-0.25, -0.2) is 0 Å². The number of amides is 2. The molecule has 2 aromatic rings. The second kappa shape index (κ2) is 7.63. The van der Waals surface area contributed by atoms with Crippen LogP contribution in [0.5, 0.6) is 0 Å². The molecule has 2 amide bonds. The fourth-order valence-electron chi connectivity index (χ4n) is 4.02. The van der Waals surface area contributed by atoms with Crippen LogP contribution in [0.4, 0.5) is 0 Å². The van der Waals surface area contributed by atoms with Gasteiger partial charge in [-0.3, -0.25) is 9.59 Å². The minimum absolute atomic E-state index is 0.00900. The Balaban J connectivity index is 1.39. The molecule has 0 aromatic heterocycles. The van der Waals surface area contributed by atoms with Crippen LogP contribution in [0.25, 0.3) is 23.4 Å². The lowest BCUT2D eigenvalue weighted by Gasteiger charge is -2.26. The summed E-state index contributed by atoms with van der Waals surface area (Å²) in [5, 5.41) is 11.6. The van der Waals surface area contributed by atoms with Crippen LogP contribution in [0.2, 0.25) is 0 Å². The number of benzene rings is 2. The van der Waals surface area contributed by atoms with Crippen molar-refractivity contribution in [3.8, 4) is 11.1 Å². The third-order valence-corrected chi connectivity index (χ3v) is 6.35. The monoisotopic (exact) mass is 401 g/mol. The van der Waals surface area contributed by atoms with Gasteiger partial charge in [-0.05, 0) is 90.4 Å². The number of hydrogen-bond donors (Lipinski definition) is 3. The van der Waals surface area contributed by atoms with E-state index in [2.05, 4.69) is 47.1 Å². The molecule has 0 saturated heterocycles. The summed E-state index contributed by atoms with van der Waals surface area (Å²) in [5.41, 5.74) is 3.99. The first-order valence-electron chi connectivity index (χ1n) is 10.9. The smallest absolute Gasteiger partial charge is 0.251 e. The SMILES string of the molecule is Cc1ccc(C(=O)NC2CCC2)cc1-c1ccc2c(c1)=CNC(NC(=O)C1CC1)C=2. The Morgan fingerprint density at radius 1 is 0.967 bits per heavy atom. The molecule has 154 valence electrons. The highest BCUT2D eigenvalue weighted by atomic mass is 16.2. The van der Waals surface area contributed by atoms with Crippen LogP contribution in [-0.2, 0) is 4.79 Å². The molecule has 5 rings (SSSR count). The van der Waals surface area contributed by atoms with Crippen LogP contribution in [0.1, 0.15) is 48.0 Å². The zero-order chi connectivity index (χ0) is 20.7. The quantitative estimate of drug-likeness (QED) is 0.717. The highest BCUT2D eigenvalue weighted by molar-refractivity contribution is 5.96. The Morgan fingerprint density at radius 2 is 1.80 bits per heavy atom. The van der Waals surface area contributed by atoms with Gasteiger partial charge in [0, 0.05) is 23.7 Å². The Morgan fingerprint density at radius 3 is 2.53 bits per heavy atom. The molecule has 3 aliphatic rings. The summed E-state index contributed by atoms with van der Waals surface area (Å²) in [6, 6.07) is 12.5. The number of aryl methyl sites for hydroxylation is 1. The molecule has 5 heteroatoms. The summed E-state index contributed by atoms with van der Waals surface area (Å²) < 4.78 is 0. The molecule has 2 aliphatic carbocycles. The number of carbonyl (C=O) groups excluding carboxylic acids is 2. The molecule has 5 nitrogen and oxygen atoms in total. The minimum atomic E-state index is -0.170. The van der Waals surface area contributed by atoms with E-state index in [1.165, 1.54) is 6.42 Å². The van der Waals surface area contributed by atoms with E-state index in [4.69, 9.17) is 0 Å². The first-order chi connectivity index (χ1) is 14.6. The second-order valence-corrected chi connectivity index (χ2v) is 8.71. The molecule has 2 aromatic carbocycles. The number of hydrogen-bond acceptors (Lipinski definition) is 3. The summed E-state index contributed by atoms with van der Waals surface area (Å²) >= 11 is 0. The van der Waals surface area contributed by atoms with Crippen molar-refractivity contribution in [1.29, 1.82) is 0 Å². The van der Waals surface area contributed by atoms with Crippen molar-refractivity contribution < 1.29 is 9.59 Å². The average Bonchev–Trinajstić information content (AvgIpc) is 3.56. The van der Waals surface area contributed by atoms with Gasteiger partial charge < -0.3 is 16.0 Å². The topological polar surface area (TPSA) is 70.2 Å². The van der Waals surface area contributed by atoms with E-state index in [0.29, 0.717) is 11.6 Å². The summed E-state index contributed by atoms with van der Waals surface area (Å²) in [5.74, 6) is 0.334. The van der Waals surface area contributed by atoms with Gasteiger partial charge >= 0.3 is 0 Å². The molecule has 3 N–H and O–H groups in total. The zero-order valence-corrected chi connectivity index (χ0v) is 17.2. The number of rotatable bonds is 5. The van der Waals surface area contributed by atoms with Crippen LogP contribution >= 0.6 is 0 Å². The molecular formula is C25H27N3O2. The molecule has 0 spiro atoms. The lowest BCUT2D eigenvalue weighted by molar-refractivity contribution is -0.122. The molecule has 30 heavy (non-hydrogen) atoms. The van der Waals surface area contributed by atoms with E-state index >= 15 is 0 Å². The van der Waals surface area contributed by atoms with E-state index < -0.39 is 0 Å². The molecule has 1 aliphatic heterocycles. The molecular weight excluding hydrogens is 374 g/mol. The standard InChI is InChI=1S/C25H27N3O2/c1-15-5-6-19(25(30)27-21-3-2-4-21)12-22(15)18-10-9-17-13-23(26-14-20(17)11-18)28-24(29)16-7-8-16/h5-6,9-14,16,21,23,26H,2-4,7-8H2,1H3,(H,27,30)(H,28,29). The normalized spacial score (nSPS) is 20.0. The molecule has 2 fully saturated rings. The molecule has 0 radical (unpaired) electrons. The van der Waals surface area contributed by atoms with Gasteiger partial charge in [0.1, 0.15) is 6.17 Å². The summed E-state index contributed by atoms with van der Waals surface area (Å²) in [6.45, 7) is 2.07. The summed E-state index contributed by atoms with van der Waals surface area (Å²) in [6.07, 6.45) is 9.20. The fourth-order valence-corrected chi connectivity index (χ4v) is 4.02. The molecule has 1 atom stereocenters. The van der Waals surface area contributed by atoms with Crippen molar-refractivity contribution in [3.63, 3.8) is 0 Å². The highest BCUT2D eigenvalue weighted by Gasteiger charge is 2.30. The largest absolute Gasteiger partial charge is 0.368 e. The van der Waals surface area contributed by atoms with Gasteiger partial charge in [-0.2, -0.15) is 0 Å². The van der Waals surface area contributed by atoms with Crippen LogP contribution in [0.15, 0.2) is 36.4 Å². The van der Waals surface area contributed by atoms with Crippen LogP contribution in [-0.4, -0.2) is 24.0 Å². The summed E-state index contributed by atoms with van der Waals surface area (Å²) in [4.78, 5) is 24.6. The Hall–Kier alpha value is -3.08.